The maximum Gasteiger partial charge on any atom is 0.180 e. The van der Waals surface area contributed by atoms with E-state index in [0.29, 0.717) is 41.8 Å². The summed E-state index contributed by atoms with van der Waals surface area (Å²) in [5.41, 5.74) is 1.42. The van der Waals surface area contributed by atoms with Crippen LogP contribution in [0.5, 0.6) is 11.5 Å². The Kier molecular flexibility index (Phi) is 9.50. The van der Waals surface area contributed by atoms with Crippen molar-refractivity contribution in [3.63, 3.8) is 0 Å². The summed E-state index contributed by atoms with van der Waals surface area (Å²) in [6.45, 7) is 6.84. The fraction of sp³-hybridized carbons (Fsp3) is 0.429. The van der Waals surface area contributed by atoms with Crippen LogP contribution in [-0.2, 0) is 13.2 Å². The Bertz CT molecular complexity index is 744. The Hall–Kier alpha value is -1.86. The largest absolute Gasteiger partial charge is 0.490 e. The van der Waals surface area contributed by atoms with E-state index in [9.17, 15) is 9.50 Å². The molecule has 0 heterocycles. The van der Waals surface area contributed by atoms with Gasteiger partial charge in [0.15, 0.2) is 11.5 Å². The first-order valence-electron chi connectivity index (χ1n) is 9.42. The predicted molar refractivity (Wildman–Crippen MR) is 110 cm³/mol. The fourth-order valence-corrected chi connectivity index (χ4v) is 2.90. The van der Waals surface area contributed by atoms with Gasteiger partial charge in [-0.15, -0.1) is 0 Å². The molecule has 154 valence electrons. The Morgan fingerprint density at radius 2 is 1.89 bits per heavy atom. The van der Waals surface area contributed by atoms with Crippen molar-refractivity contribution in [1.82, 2.24) is 10.6 Å². The van der Waals surface area contributed by atoms with Gasteiger partial charge in [0.1, 0.15) is 12.4 Å². The van der Waals surface area contributed by atoms with Gasteiger partial charge in [-0.05, 0) is 37.6 Å². The molecule has 3 N–H and O–H groups in total. The molecule has 2 rings (SSSR count). The number of benzene rings is 2. The topological polar surface area (TPSA) is 62.8 Å². The van der Waals surface area contributed by atoms with Crippen LogP contribution >= 0.6 is 11.6 Å². The molecule has 0 aliphatic heterocycles. The van der Waals surface area contributed by atoms with Crippen molar-refractivity contribution in [2.75, 3.05) is 26.2 Å². The molecule has 0 spiro atoms. The van der Waals surface area contributed by atoms with Crippen LogP contribution in [0.15, 0.2) is 36.4 Å². The lowest BCUT2D eigenvalue weighted by Crippen LogP contribution is -2.31. The van der Waals surface area contributed by atoms with E-state index in [1.54, 1.807) is 25.1 Å². The lowest BCUT2D eigenvalue weighted by atomic mass is 10.2. The van der Waals surface area contributed by atoms with E-state index in [4.69, 9.17) is 21.1 Å². The zero-order valence-electron chi connectivity index (χ0n) is 16.3. The molecule has 5 nitrogen and oxygen atoms in total. The molecule has 0 aliphatic carbocycles. The molecule has 0 aliphatic rings. The van der Waals surface area contributed by atoms with Crippen LogP contribution in [0.3, 0.4) is 0 Å². The molecule has 0 amide bonds. The third kappa shape index (κ3) is 7.28. The molecular formula is C21H28ClFN2O3. The van der Waals surface area contributed by atoms with Crippen LogP contribution in [0, 0.1) is 5.82 Å². The summed E-state index contributed by atoms with van der Waals surface area (Å²) in [5.74, 6) is 0.631. The first-order valence-corrected chi connectivity index (χ1v) is 9.80. The van der Waals surface area contributed by atoms with Gasteiger partial charge in [-0.1, -0.05) is 29.8 Å². The predicted octanol–water partition coefficient (Wildman–Crippen LogP) is 3.52. The molecule has 2 aromatic rings. The Morgan fingerprint density at radius 3 is 2.61 bits per heavy atom. The summed E-state index contributed by atoms with van der Waals surface area (Å²) in [7, 11) is 0. The van der Waals surface area contributed by atoms with Gasteiger partial charge >= 0.3 is 0 Å². The number of nitrogens with one attached hydrogen (secondary N) is 2. The highest BCUT2D eigenvalue weighted by Crippen LogP contribution is 2.37. The summed E-state index contributed by atoms with van der Waals surface area (Å²) < 4.78 is 25.3. The van der Waals surface area contributed by atoms with E-state index < -0.39 is 0 Å². The molecule has 0 bridgehead atoms. The molecule has 1 atom stereocenters. The second-order valence-electron chi connectivity index (χ2n) is 6.45. The SMILES string of the molecule is CCOc1cc(CNCCNCC(C)O)cc(Cl)c1OCc1ccccc1F. The number of ether oxygens (including phenoxy) is 2. The highest BCUT2D eigenvalue weighted by Gasteiger charge is 2.14. The summed E-state index contributed by atoms with van der Waals surface area (Å²) in [6, 6.07) is 10.2. The van der Waals surface area contributed by atoms with Crippen molar-refractivity contribution in [3.05, 3.63) is 58.4 Å². The summed E-state index contributed by atoms with van der Waals surface area (Å²) in [4.78, 5) is 0. The smallest absolute Gasteiger partial charge is 0.180 e. The first kappa shape index (κ1) is 22.4. The van der Waals surface area contributed by atoms with Gasteiger partial charge in [0.25, 0.3) is 0 Å². The normalized spacial score (nSPS) is 12.0. The number of aliphatic hydroxyl groups is 1. The molecule has 0 saturated heterocycles. The lowest BCUT2D eigenvalue weighted by molar-refractivity contribution is 0.191. The molecule has 2 aromatic carbocycles. The van der Waals surface area contributed by atoms with Gasteiger partial charge < -0.3 is 25.2 Å². The van der Waals surface area contributed by atoms with Crippen molar-refractivity contribution in [1.29, 1.82) is 0 Å². The average Bonchev–Trinajstić information content (AvgIpc) is 2.65. The number of hydrogen-bond donors (Lipinski definition) is 3. The van der Waals surface area contributed by atoms with Gasteiger partial charge in [0.05, 0.1) is 17.7 Å². The van der Waals surface area contributed by atoms with E-state index in [2.05, 4.69) is 10.6 Å². The minimum absolute atomic E-state index is 0.0685. The Morgan fingerprint density at radius 1 is 1.14 bits per heavy atom. The molecule has 1 unspecified atom stereocenters. The van der Waals surface area contributed by atoms with E-state index in [-0.39, 0.29) is 18.5 Å². The molecule has 0 saturated carbocycles. The number of aliphatic hydroxyl groups excluding tert-OH is 1. The highest BCUT2D eigenvalue weighted by molar-refractivity contribution is 6.32. The molecule has 0 aromatic heterocycles. The van der Waals surface area contributed by atoms with E-state index in [1.807, 2.05) is 19.1 Å². The van der Waals surface area contributed by atoms with Crippen molar-refractivity contribution < 1.29 is 19.0 Å². The number of hydrogen-bond acceptors (Lipinski definition) is 5. The summed E-state index contributed by atoms with van der Waals surface area (Å²) >= 11 is 6.41. The van der Waals surface area contributed by atoms with Crippen molar-refractivity contribution in [3.8, 4) is 11.5 Å². The maximum absolute atomic E-state index is 13.8. The van der Waals surface area contributed by atoms with E-state index >= 15 is 0 Å². The second kappa shape index (κ2) is 11.9. The standard InChI is InChI=1S/C21H28ClFN2O3/c1-3-27-20-11-16(13-25-9-8-24-12-15(2)26)10-18(22)21(20)28-14-17-6-4-5-7-19(17)23/h4-7,10-11,15,24-26H,3,8-9,12-14H2,1-2H3. The van der Waals surface area contributed by atoms with Crippen LogP contribution in [-0.4, -0.2) is 37.5 Å². The number of rotatable bonds is 12. The van der Waals surface area contributed by atoms with Crippen LogP contribution in [0.2, 0.25) is 5.02 Å². The zero-order chi connectivity index (χ0) is 20.4. The van der Waals surface area contributed by atoms with Gasteiger partial charge in [-0.3, -0.25) is 0 Å². The highest BCUT2D eigenvalue weighted by atomic mass is 35.5. The Labute approximate surface area is 170 Å². The first-order chi connectivity index (χ1) is 13.5. The van der Waals surface area contributed by atoms with Gasteiger partial charge in [0, 0.05) is 31.7 Å². The quantitative estimate of drug-likeness (QED) is 0.467. The van der Waals surface area contributed by atoms with Gasteiger partial charge in [-0.25, -0.2) is 4.39 Å². The minimum atomic E-state index is -0.357. The molecule has 7 heteroatoms. The van der Waals surface area contributed by atoms with Crippen LogP contribution in [0.4, 0.5) is 4.39 Å². The molecular weight excluding hydrogens is 383 g/mol. The number of halogens is 2. The van der Waals surface area contributed by atoms with Crippen LogP contribution in [0.1, 0.15) is 25.0 Å². The molecule has 28 heavy (non-hydrogen) atoms. The van der Waals surface area contributed by atoms with E-state index in [0.717, 1.165) is 18.7 Å². The second-order valence-corrected chi connectivity index (χ2v) is 6.86. The average molecular weight is 411 g/mol. The summed E-state index contributed by atoms with van der Waals surface area (Å²) in [6.07, 6.45) is -0.357. The Balaban J connectivity index is 1.97. The molecule has 0 radical (unpaired) electrons. The molecule has 0 fully saturated rings. The zero-order valence-corrected chi connectivity index (χ0v) is 17.1. The van der Waals surface area contributed by atoms with Crippen molar-refractivity contribution in [2.45, 2.75) is 33.1 Å². The fourth-order valence-electron chi connectivity index (χ4n) is 2.61. The third-order valence-corrected chi connectivity index (χ3v) is 4.23. The maximum atomic E-state index is 13.8. The van der Waals surface area contributed by atoms with Crippen LogP contribution < -0.4 is 20.1 Å². The minimum Gasteiger partial charge on any atom is -0.490 e. The van der Waals surface area contributed by atoms with E-state index in [1.165, 1.54) is 6.07 Å². The van der Waals surface area contributed by atoms with Crippen molar-refractivity contribution >= 4 is 11.6 Å². The summed E-state index contributed by atoms with van der Waals surface area (Å²) in [5, 5.41) is 16.1. The van der Waals surface area contributed by atoms with Gasteiger partial charge in [-0.2, -0.15) is 0 Å². The van der Waals surface area contributed by atoms with Crippen molar-refractivity contribution in [2.24, 2.45) is 0 Å². The van der Waals surface area contributed by atoms with Gasteiger partial charge in [0.2, 0.25) is 0 Å². The van der Waals surface area contributed by atoms with Crippen LogP contribution in [0.25, 0.3) is 0 Å². The lowest BCUT2D eigenvalue weighted by Gasteiger charge is -2.16. The monoisotopic (exact) mass is 410 g/mol. The third-order valence-electron chi connectivity index (χ3n) is 3.95.